The van der Waals surface area contributed by atoms with E-state index in [2.05, 4.69) is 15.2 Å². The zero-order valence-electron chi connectivity index (χ0n) is 24.6. The van der Waals surface area contributed by atoms with Crippen molar-refractivity contribution in [1.29, 1.82) is 0 Å². The molecule has 1 aromatic carbocycles. The number of nitrogens with zero attached hydrogens (tertiary/aromatic N) is 2. The first-order valence-corrected chi connectivity index (χ1v) is 14.6. The van der Waals surface area contributed by atoms with Crippen LogP contribution in [0.4, 0.5) is 26.3 Å². The number of hydrogen-bond acceptors (Lipinski definition) is 5. The van der Waals surface area contributed by atoms with E-state index in [0.29, 0.717) is 63.2 Å². The summed E-state index contributed by atoms with van der Waals surface area (Å²) in [5.41, 5.74) is -4.06. The average Bonchev–Trinajstić information content (AvgIpc) is 2.95. The van der Waals surface area contributed by atoms with Crippen LogP contribution in [0.5, 0.6) is 5.88 Å². The van der Waals surface area contributed by atoms with Gasteiger partial charge < -0.3 is 20.1 Å². The fourth-order valence-electron chi connectivity index (χ4n) is 6.62. The third kappa shape index (κ3) is 7.81. The van der Waals surface area contributed by atoms with Gasteiger partial charge in [-0.1, -0.05) is 13.8 Å². The Kier molecular flexibility index (Phi) is 9.71. The van der Waals surface area contributed by atoms with Gasteiger partial charge in [0.25, 0.3) is 0 Å². The predicted octanol–water partition coefficient (Wildman–Crippen LogP) is 6.70. The number of aromatic nitrogens is 1. The molecule has 1 saturated carbocycles. The van der Waals surface area contributed by atoms with Crippen molar-refractivity contribution in [3.8, 4) is 5.88 Å². The molecule has 238 valence electrons. The van der Waals surface area contributed by atoms with Gasteiger partial charge in [0, 0.05) is 30.4 Å². The molecule has 2 aliphatic rings. The maximum atomic E-state index is 13.5. The van der Waals surface area contributed by atoms with Gasteiger partial charge in [-0.2, -0.15) is 26.3 Å². The molecule has 1 saturated heterocycles. The SMILES string of the molecule is COc1ccc(C2(O)CCC(N3CCC(CC(C)C)(C(=O)NCc4cc(C(F)(F)F)cc(C(F)(F)F)c4)CC3)CC2)cn1. The second kappa shape index (κ2) is 12.6. The monoisotopic (exact) mass is 615 g/mol. The van der Waals surface area contributed by atoms with E-state index in [9.17, 15) is 36.2 Å². The van der Waals surface area contributed by atoms with Crippen LogP contribution in [0.15, 0.2) is 36.5 Å². The number of alkyl halides is 6. The summed E-state index contributed by atoms with van der Waals surface area (Å²) in [5.74, 6) is 0.284. The second-order valence-corrected chi connectivity index (χ2v) is 12.4. The lowest BCUT2D eigenvalue weighted by Gasteiger charge is -2.47. The highest BCUT2D eigenvalue weighted by Crippen LogP contribution is 2.43. The number of nitrogens with one attached hydrogen (secondary N) is 1. The van der Waals surface area contributed by atoms with E-state index in [1.165, 1.54) is 7.11 Å². The molecule has 2 N–H and O–H groups in total. The summed E-state index contributed by atoms with van der Waals surface area (Å²) in [7, 11) is 1.53. The lowest BCUT2D eigenvalue weighted by Crippen LogP contribution is -2.52. The van der Waals surface area contributed by atoms with Gasteiger partial charge in [-0.15, -0.1) is 0 Å². The Balaban J connectivity index is 1.40. The first-order valence-electron chi connectivity index (χ1n) is 14.6. The number of piperidine rings is 1. The van der Waals surface area contributed by atoms with E-state index in [1.807, 2.05) is 19.9 Å². The number of aliphatic hydroxyl groups is 1. The van der Waals surface area contributed by atoms with Crippen LogP contribution in [-0.4, -0.2) is 47.1 Å². The highest BCUT2D eigenvalue weighted by atomic mass is 19.4. The Morgan fingerprint density at radius 3 is 2.07 bits per heavy atom. The number of methoxy groups -OCH3 is 1. The third-order valence-corrected chi connectivity index (χ3v) is 8.92. The van der Waals surface area contributed by atoms with Gasteiger partial charge >= 0.3 is 12.4 Å². The van der Waals surface area contributed by atoms with Crippen molar-refractivity contribution >= 4 is 5.91 Å². The van der Waals surface area contributed by atoms with Gasteiger partial charge in [0.1, 0.15) is 0 Å². The Morgan fingerprint density at radius 2 is 1.60 bits per heavy atom. The lowest BCUT2D eigenvalue weighted by atomic mass is 9.71. The van der Waals surface area contributed by atoms with Gasteiger partial charge in [-0.05, 0) is 93.8 Å². The maximum Gasteiger partial charge on any atom is 0.416 e. The Bertz CT molecular complexity index is 1210. The molecule has 0 spiro atoms. The lowest BCUT2D eigenvalue weighted by molar-refractivity contribution is -0.143. The first-order chi connectivity index (χ1) is 20.0. The summed E-state index contributed by atoms with van der Waals surface area (Å²) in [4.78, 5) is 20.1. The molecule has 1 amide bonds. The zero-order valence-corrected chi connectivity index (χ0v) is 24.6. The number of pyridine rings is 1. The Labute approximate surface area is 247 Å². The molecule has 0 bridgehead atoms. The third-order valence-electron chi connectivity index (χ3n) is 8.92. The summed E-state index contributed by atoms with van der Waals surface area (Å²) in [6.45, 7) is 4.81. The van der Waals surface area contributed by atoms with Crippen LogP contribution in [0.1, 0.15) is 81.0 Å². The van der Waals surface area contributed by atoms with Crippen LogP contribution in [-0.2, 0) is 29.3 Å². The number of rotatable bonds is 8. The van der Waals surface area contributed by atoms with E-state index >= 15 is 0 Å². The minimum absolute atomic E-state index is 0.0846. The summed E-state index contributed by atoms with van der Waals surface area (Å²) in [5, 5.41) is 13.9. The minimum Gasteiger partial charge on any atom is -0.481 e. The van der Waals surface area contributed by atoms with Crippen LogP contribution in [0.25, 0.3) is 0 Å². The molecule has 0 unspecified atom stereocenters. The molecule has 43 heavy (non-hydrogen) atoms. The molecule has 6 nitrogen and oxygen atoms in total. The highest BCUT2D eigenvalue weighted by molar-refractivity contribution is 5.82. The number of hydrogen-bond donors (Lipinski definition) is 2. The number of likely N-dealkylation sites (tertiary alicyclic amines) is 1. The van der Waals surface area contributed by atoms with Crippen molar-refractivity contribution in [2.24, 2.45) is 11.3 Å². The van der Waals surface area contributed by atoms with Crippen LogP contribution < -0.4 is 10.1 Å². The van der Waals surface area contributed by atoms with Crippen LogP contribution >= 0.6 is 0 Å². The van der Waals surface area contributed by atoms with Gasteiger partial charge in [0.2, 0.25) is 11.8 Å². The van der Waals surface area contributed by atoms with Crippen LogP contribution in [0.3, 0.4) is 0 Å². The van der Waals surface area contributed by atoms with E-state index in [0.717, 1.165) is 18.4 Å². The maximum absolute atomic E-state index is 13.5. The van der Waals surface area contributed by atoms with Crippen molar-refractivity contribution in [3.63, 3.8) is 0 Å². The van der Waals surface area contributed by atoms with Crippen molar-refractivity contribution in [3.05, 3.63) is 58.8 Å². The number of ether oxygens (including phenoxy) is 1. The smallest absolute Gasteiger partial charge is 0.416 e. The summed E-state index contributed by atoms with van der Waals surface area (Å²) < 4.78 is 84.9. The highest BCUT2D eigenvalue weighted by Gasteiger charge is 2.44. The first kappa shape index (κ1) is 33.0. The summed E-state index contributed by atoms with van der Waals surface area (Å²) in [6, 6.07) is 5.18. The molecule has 4 rings (SSSR count). The number of benzene rings is 1. The van der Waals surface area contributed by atoms with Crippen molar-refractivity contribution < 1.29 is 41.0 Å². The van der Waals surface area contributed by atoms with E-state index < -0.39 is 41.0 Å². The van der Waals surface area contributed by atoms with Crippen LogP contribution in [0.2, 0.25) is 0 Å². The molecule has 2 aromatic rings. The fourth-order valence-corrected chi connectivity index (χ4v) is 6.62. The van der Waals surface area contributed by atoms with Crippen molar-refractivity contribution in [2.45, 2.75) is 89.3 Å². The average molecular weight is 616 g/mol. The van der Waals surface area contributed by atoms with Crippen LogP contribution in [0, 0.1) is 11.3 Å². The zero-order chi connectivity index (χ0) is 31.6. The molecule has 2 fully saturated rings. The van der Waals surface area contributed by atoms with E-state index in [-0.39, 0.29) is 29.5 Å². The van der Waals surface area contributed by atoms with Gasteiger partial charge in [-0.3, -0.25) is 4.79 Å². The quantitative estimate of drug-likeness (QED) is 0.324. The molecular weight excluding hydrogens is 576 g/mol. The largest absolute Gasteiger partial charge is 0.481 e. The van der Waals surface area contributed by atoms with Crippen molar-refractivity contribution in [1.82, 2.24) is 15.2 Å². The number of amides is 1. The molecule has 2 heterocycles. The summed E-state index contributed by atoms with van der Waals surface area (Å²) >= 11 is 0. The predicted molar refractivity (Wildman–Crippen MR) is 148 cm³/mol. The molecule has 1 aromatic heterocycles. The van der Waals surface area contributed by atoms with Gasteiger partial charge in [-0.25, -0.2) is 4.98 Å². The molecule has 12 heteroatoms. The molecule has 0 atom stereocenters. The molecular formula is C31H39F6N3O3. The molecule has 1 aliphatic carbocycles. The van der Waals surface area contributed by atoms with E-state index in [1.54, 1.807) is 12.3 Å². The topological polar surface area (TPSA) is 74.7 Å². The summed E-state index contributed by atoms with van der Waals surface area (Å²) in [6.07, 6.45) is -4.00. The number of halogens is 6. The Morgan fingerprint density at radius 1 is 1.02 bits per heavy atom. The molecule has 1 aliphatic heterocycles. The second-order valence-electron chi connectivity index (χ2n) is 12.4. The standard InChI is InChI=1S/C31H39F6N3O3/c1-20(2)17-28(27(41)39-18-21-14-23(30(32,33)34)16-24(15-21)31(35,36)37)10-12-40(13-11-28)25-6-8-29(42,9-7-25)22-4-5-26(43-3)38-19-22/h4-5,14-16,19-20,25,42H,6-13,17-18H2,1-3H3,(H,39,41). The molecule has 0 radical (unpaired) electrons. The fraction of sp³-hybridized carbons (Fsp3) is 0.613. The van der Waals surface area contributed by atoms with Crippen molar-refractivity contribution in [2.75, 3.05) is 20.2 Å². The minimum atomic E-state index is -4.95. The Hall–Kier alpha value is -2.86. The normalized spacial score (nSPS) is 23.3. The number of carbonyl (C=O) groups excluding carboxylic acids is 1. The van der Waals surface area contributed by atoms with Gasteiger partial charge in [0.05, 0.1) is 29.3 Å². The number of carbonyl (C=O) groups is 1. The van der Waals surface area contributed by atoms with E-state index in [4.69, 9.17) is 4.74 Å². The van der Waals surface area contributed by atoms with Gasteiger partial charge in [0.15, 0.2) is 0 Å².